The lowest BCUT2D eigenvalue weighted by molar-refractivity contribution is -0.265. The summed E-state index contributed by atoms with van der Waals surface area (Å²) in [5, 5.41) is 23.2. The predicted octanol–water partition coefficient (Wildman–Crippen LogP) is 5.83. The number of alkyl halides is 3. The highest BCUT2D eigenvalue weighted by Crippen LogP contribution is 2.53. The highest BCUT2D eigenvalue weighted by Gasteiger charge is 2.61. The summed E-state index contributed by atoms with van der Waals surface area (Å²) < 4.78 is 71.3. The van der Waals surface area contributed by atoms with E-state index in [2.05, 4.69) is 15.3 Å². The standard InChI is InChI=1S/C22H17ClF5N3O2/c1-3-10-7-21(33,22(26,27)28)20(12-4-14(23)17(32)5-11(10)12)31-16-6-15(24)18(25)19-13(16)8-29-9(2)30-19/h3-6,8,20,31-33H,7H2,1-2H3/b10-3-/t20-,21-/m1/s1. The van der Waals surface area contributed by atoms with Crippen LogP contribution in [-0.2, 0) is 0 Å². The minimum Gasteiger partial charge on any atom is -0.506 e. The van der Waals surface area contributed by atoms with E-state index in [4.69, 9.17) is 11.6 Å². The van der Waals surface area contributed by atoms with Gasteiger partial charge in [0.25, 0.3) is 0 Å². The maximum atomic E-state index is 14.3. The number of rotatable bonds is 2. The molecule has 174 valence electrons. The number of nitrogens with one attached hydrogen (secondary N) is 1. The molecule has 2 aromatic carbocycles. The Labute approximate surface area is 189 Å². The first-order valence-corrected chi connectivity index (χ1v) is 10.1. The smallest absolute Gasteiger partial charge is 0.419 e. The van der Waals surface area contributed by atoms with Gasteiger partial charge in [0, 0.05) is 29.8 Å². The zero-order valence-electron chi connectivity index (χ0n) is 17.2. The van der Waals surface area contributed by atoms with E-state index >= 15 is 0 Å². The van der Waals surface area contributed by atoms with E-state index in [1.807, 2.05) is 0 Å². The number of aromatic nitrogens is 2. The molecule has 5 nitrogen and oxygen atoms in total. The number of hydrogen-bond donors (Lipinski definition) is 3. The SMILES string of the molecule is C/C=C1/C[C@](O)(C(F)(F)F)[C@H](Nc2cc(F)c(F)c3nc(C)ncc23)c2cc(Cl)c(O)cc21. The number of hydrogen-bond acceptors (Lipinski definition) is 5. The van der Waals surface area contributed by atoms with Gasteiger partial charge in [0.15, 0.2) is 17.2 Å². The van der Waals surface area contributed by atoms with Gasteiger partial charge in [-0.2, -0.15) is 13.2 Å². The van der Waals surface area contributed by atoms with Gasteiger partial charge in [-0.3, -0.25) is 0 Å². The van der Waals surface area contributed by atoms with Crippen LogP contribution in [0.2, 0.25) is 5.02 Å². The van der Waals surface area contributed by atoms with Gasteiger partial charge in [-0.25, -0.2) is 18.7 Å². The Kier molecular flexibility index (Phi) is 5.49. The largest absolute Gasteiger partial charge is 0.506 e. The van der Waals surface area contributed by atoms with Crippen molar-refractivity contribution in [2.45, 2.75) is 38.1 Å². The number of phenolic OH excluding ortho intramolecular Hbond substituents is 1. The lowest BCUT2D eigenvalue weighted by Crippen LogP contribution is -2.54. The average molecular weight is 486 g/mol. The van der Waals surface area contributed by atoms with Gasteiger partial charge in [-0.05, 0) is 42.7 Å². The molecule has 0 unspecified atom stereocenters. The first-order valence-electron chi connectivity index (χ1n) is 9.72. The Morgan fingerprint density at radius 1 is 1.24 bits per heavy atom. The van der Waals surface area contributed by atoms with Gasteiger partial charge < -0.3 is 15.5 Å². The molecular weight excluding hydrogens is 469 g/mol. The zero-order chi connectivity index (χ0) is 24.3. The molecule has 0 bridgehead atoms. The summed E-state index contributed by atoms with van der Waals surface area (Å²) in [6, 6.07) is 1.10. The van der Waals surface area contributed by atoms with Gasteiger partial charge in [0.05, 0.1) is 11.1 Å². The summed E-state index contributed by atoms with van der Waals surface area (Å²) in [7, 11) is 0. The third-order valence-electron chi connectivity index (χ3n) is 5.74. The average Bonchev–Trinajstić information content (AvgIpc) is 2.74. The van der Waals surface area contributed by atoms with Crippen LogP contribution in [0.25, 0.3) is 16.5 Å². The van der Waals surface area contributed by atoms with Crippen molar-refractivity contribution >= 4 is 33.8 Å². The number of halogens is 6. The summed E-state index contributed by atoms with van der Waals surface area (Å²) in [6.45, 7) is 2.95. The first-order chi connectivity index (χ1) is 15.4. The van der Waals surface area contributed by atoms with Gasteiger partial charge in [0.1, 0.15) is 17.1 Å². The molecule has 0 saturated carbocycles. The third kappa shape index (κ3) is 3.67. The number of aromatic hydroxyl groups is 1. The Morgan fingerprint density at radius 2 is 1.94 bits per heavy atom. The van der Waals surface area contributed by atoms with Crippen LogP contribution in [0.5, 0.6) is 5.75 Å². The number of benzene rings is 2. The number of allylic oxidation sites excluding steroid dienone is 1. The van der Waals surface area contributed by atoms with Crippen molar-refractivity contribution in [2.75, 3.05) is 5.32 Å². The normalized spacial score (nSPS) is 22.0. The monoisotopic (exact) mass is 485 g/mol. The van der Waals surface area contributed by atoms with Crippen molar-refractivity contribution in [2.24, 2.45) is 0 Å². The molecule has 0 spiro atoms. The topological polar surface area (TPSA) is 78.3 Å². The lowest BCUT2D eigenvalue weighted by Gasteiger charge is -2.44. The molecule has 1 aromatic heterocycles. The zero-order valence-corrected chi connectivity index (χ0v) is 18.0. The molecule has 0 amide bonds. The highest BCUT2D eigenvalue weighted by atomic mass is 35.5. The van der Waals surface area contributed by atoms with Crippen LogP contribution in [0, 0.1) is 18.6 Å². The fraction of sp³-hybridized carbons (Fsp3) is 0.273. The molecule has 0 fully saturated rings. The minimum absolute atomic E-state index is 0.0766. The fourth-order valence-electron chi connectivity index (χ4n) is 4.05. The predicted molar refractivity (Wildman–Crippen MR) is 113 cm³/mol. The number of aliphatic hydroxyl groups is 1. The fourth-order valence-corrected chi connectivity index (χ4v) is 4.22. The van der Waals surface area contributed by atoms with Crippen LogP contribution in [0.1, 0.15) is 36.3 Å². The highest BCUT2D eigenvalue weighted by molar-refractivity contribution is 6.32. The molecule has 0 saturated heterocycles. The summed E-state index contributed by atoms with van der Waals surface area (Å²) >= 11 is 5.98. The minimum atomic E-state index is -5.12. The second-order valence-corrected chi connectivity index (χ2v) is 8.19. The second kappa shape index (κ2) is 7.81. The van der Waals surface area contributed by atoms with Crippen molar-refractivity contribution < 1.29 is 32.2 Å². The quantitative estimate of drug-likeness (QED) is 0.398. The molecule has 0 aliphatic heterocycles. The maximum absolute atomic E-state index is 14.3. The molecule has 2 atom stereocenters. The molecule has 1 aliphatic carbocycles. The van der Waals surface area contributed by atoms with Crippen molar-refractivity contribution in [3.05, 3.63) is 64.1 Å². The molecule has 4 rings (SSSR count). The molecule has 33 heavy (non-hydrogen) atoms. The summed E-state index contributed by atoms with van der Waals surface area (Å²) in [5.41, 5.74) is -3.74. The molecular formula is C22H17ClF5N3O2. The number of aryl methyl sites for hydroxylation is 1. The van der Waals surface area contributed by atoms with E-state index in [0.717, 1.165) is 12.3 Å². The van der Waals surface area contributed by atoms with E-state index in [1.54, 1.807) is 0 Å². The van der Waals surface area contributed by atoms with Crippen molar-refractivity contribution in [1.29, 1.82) is 0 Å². The molecule has 3 aromatic rings. The molecule has 1 heterocycles. The number of phenols is 1. The van der Waals surface area contributed by atoms with E-state index in [-0.39, 0.29) is 44.4 Å². The van der Waals surface area contributed by atoms with Crippen LogP contribution >= 0.6 is 11.6 Å². The van der Waals surface area contributed by atoms with Gasteiger partial charge in [0.2, 0.25) is 0 Å². The van der Waals surface area contributed by atoms with Gasteiger partial charge in [-0.15, -0.1) is 0 Å². The molecule has 1 aliphatic rings. The second-order valence-electron chi connectivity index (χ2n) is 7.78. The Bertz CT molecular complexity index is 1310. The lowest BCUT2D eigenvalue weighted by atomic mass is 9.73. The number of anilines is 1. The summed E-state index contributed by atoms with van der Waals surface area (Å²) in [6.07, 6.45) is -3.43. The van der Waals surface area contributed by atoms with Crippen LogP contribution in [0.4, 0.5) is 27.6 Å². The van der Waals surface area contributed by atoms with Crippen molar-refractivity contribution in [3.63, 3.8) is 0 Å². The van der Waals surface area contributed by atoms with Crippen LogP contribution in [-0.4, -0.2) is 32.0 Å². The van der Waals surface area contributed by atoms with Crippen LogP contribution in [0.15, 0.2) is 30.5 Å². The van der Waals surface area contributed by atoms with Crippen molar-refractivity contribution in [3.8, 4) is 5.75 Å². The van der Waals surface area contributed by atoms with E-state index in [0.29, 0.717) is 6.07 Å². The summed E-state index contributed by atoms with van der Waals surface area (Å²) in [5.74, 6) is -2.84. The Morgan fingerprint density at radius 3 is 2.58 bits per heavy atom. The number of nitrogens with zero attached hydrogens (tertiary/aromatic N) is 2. The summed E-state index contributed by atoms with van der Waals surface area (Å²) in [4.78, 5) is 7.78. The first kappa shape index (κ1) is 23.2. The van der Waals surface area contributed by atoms with E-state index < -0.39 is 41.4 Å². The van der Waals surface area contributed by atoms with E-state index in [1.165, 1.54) is 26.0 Å². The number of fused-ring (bicyclic) bond motifs is 2. The van der Waals surface area contributed by atoms with Crippen molar-refractivity contribution in [1.82, 2.24) is 9.97 Å². The van der Waals surface area contributed by atoms with E-state index in [9.17, 15) is 32.2 Å². The third-order valence-corrected chi connectivity index (χ3v) is 6.04. The van der Waals surface area contributed by atoms with Crippen LogP contribution < -0.4 is 5.32 Å². The molecule has 11 heteroatoms. The maximum Gasteiger partial charge on any atom is 0.419 e. The Balaban J connectivity index is 1.99. The molecule has 3 N–H and O–H groups in total. The Hall–Kier alpha value is -2.98. The van der Waals surface area contributed by atoms with Gasteiger partial charge in [-0.1, -0.05) is 17.7 Å². The van der Waals surface area contributed by atoms with Crippen LogP contribution in [0.3, 0.4) is 0 Å². The molecule has 0 radical (unpaired) electrons. The van der Waals surface area contributed by atoms with Gasteiger partial charge >= 0.3 is 6.18 Å².